The average molecular weight is 274 g/mol. The number of carbonyl (C=O) groups excluding carboxylic acids is 1. The second-order valence-electron chi connectivity index (χ2n) is 6.56. The number of aryl methyl sites for hydroxylation is 1. The predicted molar refractivity (Wildman–Crippen MR) is 84.2 cm³/mol. The van der Waals surface area contributed by atoms with Crippen molar-refractivity contribution in [2.24, 2.45) is 11.3 Å². The molecule has 1 aliphatic rings. The van der Waals surface area contributed by atoms with E-state index in [4.69, 9.17) is 0 Å². The van der Waals surface area contributed by atoms with E-state index >= 15 is 0 Å². The minimum Gasteiger partial charge on any atom is -0.385 e. The van der Waals surface area contributed by atoms with E-state index in [0.29, 0.717) is 11.3 Å². The number of hydrogen-bond donors (Lipinski definition) is 2. The van der Waals surface area contributed by atoms with Crippen LogP contribution in [0.3, 0.4) is 0 Å². The van der Waals surface area contributed by atoms with E-state index in [2.05, 4.69) is 31.4 Å². The number of benzene rings is 1. The number of amides is 1. The molecule has 1 aromatic rings. The van der Waals surface area contributed by atoms with Gasteiger partial charge in [0.2, 0.25) is 0 Å². The van der Waals surface area contributed by atoms with Crippen molar-refractivity contribution in [3.05, 3.63) is 29.3 Å². The molecular formula is C17H26N2O. The summed E-state index contributed by atoms with van der Waals surface area (Å²) >= 11 is 0. The monoisotopic (exact) mass is 274 g/mol. The normalized spacial score (nSPS) is 19.5. The molecule has 1 saturated carbocycles. The maximum atomic E-state index is 12.2. The molecule has 0 aromatic heterocycles. The van der Waals surface area contributed by atoms with Gasteiger partial charge in [-0.25, -0.2) is 0 Å². The molecule has 110 valence electrons. The molecule has 0 saturated heterocycles. The lowest BCUT2D eigenvalue weighted by molar-refractivity contribution is 0.0950. The largest absolute Gasteiger partial charge is 0.385 e. The van der Waals surface area contributed by atoms with Crippen LogP contribution in [0.2, 0.25) is 0 Å². The molecular weight excluding hydrogens is 248 g/mol. The van der Waals surface area contributed by atoms with Crippen LogP contribution in [-0.4, -0.2) is 19.0 Å². The molecule has 3 heteroatoms. The number of anilines is 1. The predicted octanol–water partition coefficient (Wildman–Crippen LogP) is 3.59. The zero-order chi connectivity index (χ0) is 14.8. The molecule has 20 heavy (non-hydrogen) atoms. The first kappa shape index (κ1) is 14.9. The van der Waals surface area contributed by atoms with Gasteiger partial charge in [-0.3, -0.25) is 4.79 Å². The summed E-state index contributed by atoms with van der Waals surface area (Å²) in [5.74, 6) is 0.685. The van der Waals surface area contributed by atoms with Gasteiger partial charge >= 0.3 is 0 Å². The highest BCUT2D eigenvalue weighted by Crippen LogP contribution is 2.50. The molecule has 0 radical (unpaired) electrons. The summed E-state index contributed by atoms with van der Waals surface area (Å²) < 4.78 is 0. The van der Waals surface area contributed by atoms with Crippen molar-refractivity contribution >= 4 is 11.6 Å². The third-order valence-corrected chi connectivity index (χ3v) is 4.28. The Morgan fingerprint density at radius 3 is 2.65 bits per heavy atom. The van der Waals surface area contributed by atoms with Gasteiger partial charge in [-0.1, -0.05) is 20.8 Å². The Hall–Kier alpha value is -1.51. The van der Waals surface area contributed by atoms with Crippen LogP contribution in [0.25, 0.3) is 0 Å². The van der Waals surface area contributed by atoms with Gasteiger partial charge in [-0.05, 0) is 54.9 Å². The highest BCUT2D eigenvalue weighted by atomic mass is 16.1. The van der Waals surface area contributed by atoms with E-state index in [9.17, 15) is 4.79 Å². The van der Waals surface area contributed by atoms with Gasteiger partial charge in [0, 0.05) is 24.3 Å². The molecule has 1 unspecified atom stereocenters. The van der Waals surface area contributed by atoms with Crippen LogP contribution in [0.1, 0.15) is 49.5 Å². The van der Waals surface area contributed by atoms with E-state index in [-0.39, 0.29) is 5.91 Å². The summed E-state index contributed by atoms with van der Waals surface area (Å²) in [6.45, 7) is 10.4. The van der Waals surface area contributed by atoms with Gasteiger partial charge in [-0.2, -0.15) is 0 Å². The third-order valence-electron chi connectivity index (χ3n) is 4.28. The summed E-state index contributed by atoms with van der Waals surface area (Å²) in [7, 11) is 0. The molecule has 1 aliphatic carbocycles. The highest BCUT2D eigenvalue weighted by molar-refractivity contribution is 5.96. The summed E-state index contributed by atoms with van der Waals surface area (Å²) in [6.07, 6.45) is 2.31. The lowest BCUT2D eigenvalue weighted by atomic mass is 10.1. The number of carbonyl (C=O) groups is 1. The Balaban J connectivity index is 1.92. The Morgan fingerprint density at radius 2 is 2.10 bits per heavy atom. The summed E-state index contributed by atoms with van der Waals surface area (Å²) in [5, 5.41) is 6.40. The number of nitrogens with one attached hydrogen (secondary N) is 2. The van der Waals surface area contributed by atoms with Crippen LogP contribution in [0.4, 0.5) is 5.69 Å². The quantitative estimate of drug-likeness (QED) is 0.832. The fourth-order valence-electron chi connectivity index (χ4n) is 2.53. The van der Waals surface area contributed by atoms with Gasteiger partial charge in [0.1, 0.15) is 0 Å². The molecule has 0 bridgehead atoms. The molecule has 1 aromatic carbocycles. The van der Waals surface area contributed by atoms with Crippen LogP contribution in [0, 0.1) is 18.3 Å². The second kappa shape index (κ2) is 5.86. The fraction of sp³-hybridized carbons (Fsp3) is 0.588. The minimum absolute atomic E-state index is 0.0484. The van der Waals surface area contributed by atoms with Crippen LogP contribution in [0.5, 0.6) is 0 Å². The topological polar surface area (TPSA) is 41.1 Å². The van der Waals surface area contributed by atoms with E-state index < -0.39 is 0 Å². The van der Waals surface area contributed by atoms with Crippen molar-refractivity contribution in [1.82, 2.24) is 5.32 Å². The zero-order valence-electron chi connectivity index (χ0n) is 13.0. The van der Waals surface area contributed by atoms with Gasteiger partial charge in [0.15, 0.2) is 0 Å². The molecule has 1 atom stereocenters. The van der Waals surface area contributed by atoms with Gasteiger partial charge in [0.05, 0.1) is 0 Å². The molecule has 3 nitrogen and oxygen atoms in total. The number of hydrogen-bond acceptors (Lipinski definition) is 2. The first-order valence-corrected chi connectivity index (χ1v) is 7.57. The van der Waals surface area contributed by atoms with Crippen LogP contribution < -0.4 is 10.6 Å². The molecule has 0 aliphatic heterocycles. The third kappa shape index (κ3) is 3.53. The molecule has 1 amide bonds. The second-order valence-corrected chi connectivity index (χ2v) is 6.56. The van der Waals surface area contributed by atoms with Gasteiger partial charge in [0.25, 0.3) is 5.91 Å². The average Bonchev–Trinajstić information content (AvgIpc) is 3.01. The van der Waals surface area contributed by atoms with E-state index in [1.807, 2.05) is 25.1 Å². The van der Waals surface area contributed by atoms with Crippen molar-refractivity contribution in [3.63, 3.8) is 0 Å². The fourth-order valence-corrected chi connectivity index (χ4v) is 2.53. The highest BCUT2D eigenvalue weighted by Gasteiger charge is 2.45. The van der Waals surface area contributed by atoms with Crippen LogP contribution in [0.15, 0.2) is 18.2 Å². The van der Waals surface area contributed by atoms with Gasteiger partial charge in [-0.15, -0.1) is 0 Å². The standard InChI is InChI=1S/C17H26N2O/c1-5-8-18-14-6-7-15(12(2)9-14)16(20)19-11-13-10-17(13,3)4/h6-7,9,13,18H,5,8,10-11H2,1-4H3,(H,19,20). The van der Waals surface area contributed by atoms with Crippen LogP contribution in [-0.2, 0) is 0 Å². The van der Waals surface area contributed by atoms with Crippen molar-refractivity contribution in [3.8, 4) is 0 Å². The van der Waals surface area contributed by atoms with E-state index in [1.54, 1.807) is 0 Å². The first-order chi connectivity index (χ1) is 9.44. The lowest BCUT2D eigenvalue weighted by Gasteiger charge is -2.11. The lowest BCUT2D eigenvalue weighted by Crippen LogP contribution is -2.27. The zero-order valence-corrected chi connectivity index (χ0v) is 13.0. The Labute approximate surface area is 122 Å². The molecule has 1 fully saturated rings. The molecule has 2 N–H and O–H groups in total. The Bertz CT molecular complexity index is 494. The Kier molecular flexibility index (Phi) is 4.36. The Morgan fingerprint density at radius 1 is 1.40 bits per heavy atom. The van der Waals surface area contributed by atoms with Crippen molar-refractivity contribution in [1.29, 1.82) is 0 Å². The smallest absolute Gasteiger partial charge is 0.251 e. The van der Waals surface area contributed by atoms with Crippen molar-refractivity contribution in [2.75, 3.05) is 18.4 Å². The molecule has 0 spiro atoms. The molecule has 2 rings (SSSR count). The van der Waals surface area contributed by atoms with Gasteiger partial charge < -0.3 is 10.6 Å². The minimum atomic E-state index is 0.0484. The summed E-state index contributed by atoms with van der Waals surface area (Å²) in [6, 6.07) is 5.95. The number of rotatable bonds is 6. The summed E-state index contributed by atoms with van der Waals surface area (Å²) in [5.41, 5.74) is 3.31. The van der Waals surface area contributed by atoms with Crippen molar-refractivity contribution < 1.29 is 4.79 Å². The summed E-state index contributed by atoms with van der Waals surface area (Å²) in [4.78, 5) is 12.2. The van der Waals surface area contributed by atoms with E-state index in [1.165, 1.54) is 6.42 Å². The van der Waals surface area contributed by atoms with Crippen molar-refractivity contribution in [2.45, 2.75) is 40.5 Å². The van der Waals surface area contributed by atoms with E-state index in [0.717, 1.165) is 36.3 Å². The first-order valence-electron chi connectivity index (χ1n) is 7.57. The SMILES string of the molecule is CCCNc1ccc(C(=O)NCC2CC2(C)C)c(C)c1. The maximum absolute atomic E-state index is 12.2. The molecule has 0 heterocycles. The maximum Gasteiger partial charge on any atom is 0.251 e. The van der Waals surface area contributed by atoms with Crippen LogP contribution >= 0.6 is 0 Å².